The molecule has 1 aliphatic rings. The molecule has 0 spiro atoms. The SMILES string of the molecule is CC1CCC(C(NN)c2ccc(C(C)(C)C)cc2)O1. The molecule has 0 saturated carbocycles. The molecular weight excluding hydrogens is 236 g/mol. The molecule has 2 rings (SSSR count). The van der Waals surface area contributed by atoms with Crippen LogP contribution in [-0.4, -0.2) is 12.2 Å². The van der Waals surface area contributed by atoms with E-state index in [-0.39, 0.29) is 17.6 Å². The molecule has 0 aliphatic carbocycles. The van der Waals surface area contributed by atoms with Gasteiger partial charge in [0.25, 0.3) is 0 Å². The molecular formula is C16H26N2O. The summed E-state index contributed by atoms with van der Waals surface area (Å²) in [6.07, 6.45) is 2.70. The van der Waals surface area contributed by atoms with E-state index in [2.05, 4.69) is 57.4 Å². The van der Waals surface area contributed by atoms with Gasteiger partial charge in [-0.25, -0.2) is 0 Å². The van der Waals surface area contributed by atoms with Gasteiger partial charge in [0.1, 0.15) is 0 Å². The van der Waals surface area contributed by atoms with Crippen molar-refractivity contribution in [2.75, 3.05) is 0 Å². The zero-order valence-corrected chi connectivity index (χ0v) is 12.4. The third-order valence-electron chi connectivity index (χ3n) is 3.95. The summed E-state index contributed by atoms with van der Waals surface area (Å²) in [6.45, 7) is 8.80. The van der Waals surface area contributed by atoms with Gasteiger partial charge < -0.3 is 4.74 Å². The molecule has 1 saturated heterocycles. The Labute approximate surface area is 116 Å². The molecule has 3 heteroatoms. The van der Waals surface area contributed by atoms with E-state index in [4.69, 9.17) is 10.6 Å². The van der Waals surface area contributed by atoms with Gasteiger partial charge in [0.15, 0.2) is 0 Å². The monoisotopic (exact) mass is 262 g/mol. The van der Waals surface area contributed by atoms with Crippen LogP contribution in [0.25, 0.3) is 0 Å². The van der Waals surface area contributed by atoms with Crippen LogP contribution in [0.3, 0.4) is 0 Å². The van der Waals surface area contributed by atoms with E-state index >= 15 is 0 Å². The molecule has 0 radical (unpaired) electrons. The van der Waals surface area contributed by atoms with E-state index in [9.17, 15) is 0 Å². The molecule has 1 aliphatic heterocycles. The second-order valence-electron chi connectivity index (χ2n) is 6.58. The highest BCUT2D eigenvalue weighted by Gasteiger charge is 2.30. The fraction of sp³-hybridized carbons (Fsp3) is 0.625. The van der Waals surface area contributed by atoms with Gasteiger partial charge in [0.2, 0.25) is 0 Å². The van der Waals surface area contributed by atoms with Crippen molar-refractivity contribution < 1.29 is 4.74 Å². The Kier molecular flexibility index (Phi) is 4.29. The summed E-state index contributed by atoms with van der Waals surface area (Å²) in [4.78, 5) is 0. The number of benzene rings is 1. The fourth-order valence-electron chi connectivity index (χ4n) is 2.69. The lowest BCUT2D eigenvalue weighted by Gasteiger charge is -2.25. The predicted molar refractivity (Wildman–Crippen MR) is 78.8 cm³/mol. The Hall–Kier alpha value is -0.900. The van der Waals surface area contributed by atoms with E-state index < -0.39 is 0 Å². The van der Waals surface area contributed by atoms with E-state index in [1.165, 1.54) is 11.1 Å². The number of nitrogens with one attached hydrogen (secondary N) is 1. The molecule has 1 aromatic rings. The molecule has 3 nitrogen and oxygen atoms in total. The van der Waals surface area contributed by atoms with Gasteiger partial charge in [0.05, 0.1) is 18.2 Å². The van der Waals surface area contributed by atoms with Crippen molar-refractivity contribution in [3.8, 4) is 0 Å². The van der Waals surface area contributed by atoms with Crippen molar-refractivity contribution in [3.05, 3.63) is 35.4 Å². The van der Waals surface area contributed by atoms with Crippen LogP contribution in [0.2, 0.25) is 0 Å². The average molecular weight is 262 g/mol. The first-order chi connectivity index (χ1) is 8.91. The molecule has 1 heterocycles. The third-order valence-corrected chi connectivity index (χ3v) is 3.95. The Morgan fingerprint density at radius 3 is 2.26 bits per heavy atom. The molecule has 1 aromatic carbocycles. The predicted octanol–water partition coefficient (Wildman–Crippen LogP) is 3.06. The summed E-state index contributed by atoms with van der Waals surface area (Å²) in [6, 6.07) is 8.80. The van der Waals surface area contributed by atoms with Crippen LogP contribution in [-0.2, 0) is 10.2 Å². The molecule has 3 N–H and O–H groups in total. The summed E-state index contributed by atoms with van der Waals surface area (Å²) in [5, 5.41) is 0. The lowest BCUT2D eigenvalue weighted by molar-refractivity contribution is 0.0316. The van der Waals surface area contributed by atoms with Crippen LogP contribution in [0.1, 0.15) is 57.7 Å². The fourth-order valence-corrected chi connectivity index (χ4v) is 2.69. The first kappa shape index (κ1) is 14.5. The highest BCUT2D eigenvalue weighted by Crippen LogP contribution is 2.31. The minimum absolute atomic E-state index is 0.0824. The molecule has 0 bridgehead atoms. The second-order valence-corrected chi connectivity index (χ2v) is 6.58. The van der Waals surface area contributed by atoms with Crippen LogP contribution in [0, 0.1) is 0 Å². The van der Waals surface area contributed by atoms with Crippen molar-refractivity contribution in [1.82, 2.24) is 5.43 Å². The zero-order chi connectivity index (χ0) is 14.0. The van der Waals surface area contributed by atoms with Crippen molar-refractivity contribution in [2.24, 2.45) is 5.84 Å². The van der Waals surface area contributed by atoms with Gasteiger partial charge in [-0.05, 0) is 36.3 Å². The molecule has 3 atom stereocenters. The molecule has 106 valence electrons. The van der Waals surface area contributed by atoms with Gasteiger partial charge >= 0.3 is 0 Å². The summed E-state index contributed by atoms with van der Waals surface area (Å²) >= 11 is 0. The zero-order valence-electron chi connectivity index (χ0n) is 12.4. The average Bonchev–Trinajstić information content (AvgIpc) is 2.76. The Morgan fingerprint density at radius 2 is 1.84 bits per heavy atom. The van der Waals surface area contributed by atoms with Crippen LogP contribution in [0.5, 0.6) is 0 Å². The highest BCUT2D eigenvalue weighted by molar-refractivity contribution is 5.29. The first-order valence-electron chi connectivity index (χ1n) is 7.14. The topological polar surface area (TPSA) is 47.3 Å². The molecule has 0 amide bonds. The Morgan fingerprint density at radius 1 is 1.21 bits per heavy atom. The maximum atomic E-state index is 5.92. The lowest BCUT2D eigenvalue weighted by Crippen LogP contribution is -2.36. The summed E-state index contributed by atoms with van der Waals surface area (Å²) in [5.41, 5.74) is 5.64. The van der Waals surface area contributed by atoms with E-state index in [0.717, 1.165) is 12.8 Å². The minimum atomic E-state index is 0.0824. The molecule has 0 aromatic heterocycles. The number of hydrogen-bond donors (Lipinski definition) is 2. The lowest BCUT2D eigenvalue weighted by atomic mass is 9.86. The van der Waals surface area contributed by atoms with Gasteiger partial charge in [-0.15, -0.1) is 0 Å². The maximum absolute atomic E-state index is 5.92. The largest absolute Gasteiger partial charge is 0.373 e. The highest BCUT2D eigenvalue weighted by atomic mass is 16.5. The number of ether oxygens (including phenoxy) is 1. The van der Waals surface area contributed by atoms with E-state index in [0.29, 0.717) is 6.10 Å². The maximum Gasteiger partial charge on any atom is 0.0787 e. The third kappa shape index (κ3) is 3.35. The smallest absolute Gasteiger partial charge is 0.0787 e. The van der Waals surface area contributed by atoms with Crippen LogP contribution in [0.4, 0.5) is 0 Å². The van der Waals surface area contributed by atoms with Crippen molar-refractivity contribution >= 4 is 0 Å². The van der Waals surface area contributed by atoms with Gasteiger partial charge in [-0.1, -0.05) is 45.0 Å². The van der Waals surface area contributed by atoms with E-state index in [1.807, 2.05) is 0 Å². The van der Waals surface area contributed by atoms with Crippen molar-refractivity contribution in [3.63, 3.8) is 0 Å². The van der Waals surface area contributed by atoms with Crippen LogP contribution in [0.15, 0.2) is 24.3 Å². The minimum Gasteiger partial charge on any atom is -0.373 e. The molecule has 1 fully saturated rings. The number of hydrazine groups is 1. The second kappa shape index (κ2) is 5.61. The first-order valence-corrected chi connectivity index (χ1v) is 7.14. The quantitative estimate of drug-likeness (QED) is 0.650. The van der Waals surface area contributed by atoms with E-state index in [1.54, 1.807) is 0 Å². The molecule has 19 heavy (non-hydrogen) atoms. The summed E-state index contributed by atoms with van der Waals surface area (Å²) in [7, 11) is 0. The Balaban J connectivity index is 2.15. The number of nitrogens with two attached hydrogens (primary N) is 1. The van der Waals surface area contributed by atoms with Gasteiger partial charge in [0, 0.05) is 0 Å². The Bertz CT molecular complexity index is 408. The number of rotatable bonds is 3. The van der Waals surface area contributed by atoms with Gasteiger partial charge in [-0.2, -0.15) is 0 Å². The van der Waals surface area contributed by atoms with Crippen LogP contribution < -0.4 is 11.3 Å². The summed E-state index contributed by atoms with van der Waals surface area (Å²) < 4.78 is 5.92. The van der Waals surface area contributed by atoms with Crippen LogP contribution >= 0.6 is 0 Å². The van der Waals surface area contributed by atoms with Gasteiger partial charge in [-0.3, -0.25) is 11.3 Å². The molecule has 3 unspecified atom stereocenters. The summed E-state index contributed by atoms with van der Waals surface area (Å²) in [5.74, 6) is 5.72. The van der Waals surface area contributed by atoms with Crippen molar-refractivity contribution in [2.45, 2.75) is 64.2 Å². The normalized spacial score (nSPS) is 25.5. The van der Waals surface area contributed by atoms with Crippen molar-refractivity contribution in [1.29, 1.82) is 0 Å². The number of hydrogen-bond acceptors (Lipinski definition) is 3. The standard InChI is InChI=1S/C16H26N2O/c1-11-5-10-14(19-11)15(18-17)12-6-8-13(9-7-12)16(2,3)4/h6-9,11,14-15,18H,5,10,17H2,1-4H3.